The summed E-state index contributed by atoms with van der Waals surface area (Å²) in [6, 6.07) is -0.408. The number of rotatable bonds is 4. The number of hydrogen-bond donors (Lipinski definition) is 3. The van der Waals surface area contributed by atoms with Crippen LogP contribution in [0.1, 0.15) is 65.7 Å². The number of ether oxygens (including phenoxy) is 1. The molecule has 0 aliphatic heterocycles. The summed E-state index contributed by atoms with van der Waals surface area (Å²) in [7, 11) is -4.10. The lowest BCUT2D eigenvalue weighted by Crippen LogP contribution is -2.54. The molecule has 2 fully saturated rings. The van der Waals surface area contributed by atoms with Crippen LogP contribution < -0.4 is 10.6 Å². The van der Waals surface area contributed by atoms with Gasteiger partial charge in [0.1, 0.15) is 5.60 Å². The van der Waals surface area contributed by atoms with E-state index in [-0.39, 0.29) is 24.4 Å². The molecule has 2 saturated carbocycles. The van der Waals surface area contributed by atoms with Crippen LogP contribution in [0.5, 0.6) is 0 Å². The molecule has 0 aromatic rings. The zero-order chi connectivity index (χ0) is 19.5. The van der Waals surface area contributed by atoms with E-state index < -0.39 is 33.0 Å². The first-order valence-electron chi connectivity index (χ1n) is 9.22. The molecule has 0 spiro atoms. The summed E-state index contributed by atoms with van der Waals surface area (Å²) >= 11 is 0. The van der Waals surface area contributed by atoms with Gasteiger partial charge in [-0.2, -0.15) is 8.42 Å². The van der Waals surface area contributed by atoms with Crippen molar-refractivity contribution in [1.82, 2.24) is 10.6 Å². The van der Waals surface area contributed by atoms with Crippen LogP contribution in [-0.4, -0.2) is 47.9 Å². The van der Waals surface area contributed by atoms with Crippen molar-refractivity contribution in [3.8, 4) is 0 Å². The quantitative estimate of drug-likeness (QED) is 0.631. The zero-order valence-electron chi connectivity index (χ0n) is 15.7. The Labute approximate surface area is 155 Å². The summed E-state index contributed by atoms with van der Waals surface area (Å²) in [5.41, 5.74) is -0.591. The highest BCUT2D eigenvalue weighted by atomic mass is 32.2. The number of alkyl carbamates (subject to hydrolysis) is 1. The van der Waals surface area contributed by atoms with Crippen molar-refractivity contribution in [2.24, 2.45) is 5.92 Å². The van der Waals surface area contributed by atoms with Crippen molar-refractivity contribution < 1.29 is 27.3 Å². The van der Waals surface area contributed by atoms with Crippen molar-refractivity contribution >= 4 is 22.1 Å². The minimum absolute atomic E-state index is 0.140. The standard InChI is InChI=1S/C17H30N2O6S/c1-17(2,3)25-16(21)19-14-7-5-4-6-13(14)18-15(20)11-8-9-12(10-11)26(22,23)24/h11-14H,4-10H2,1-3H3,(H,18,20)(H,19,21)(H,22,23,24)/t11?,12?,13?,14-/m1/s1. The van der Waals surface area contributed by atoms with E-state index in [1.165, 1.54) is 0 Å². The second-order valence-corrected chi connectivity index (χ2v) is 10.00. The second kappa shape index (κ2) is 8.12. The molecule has 2 aliphatic carbocycles. The summed E-state index contributed by atoms with van der Waals surface area (Å²) in [5.74, 6) is -0.634. The molecule has 26 heavy (non-hydrogen) atoms. The fourth-order valence-electron chi connectivity index (χ4n) is 3.68. The van der Waals surface area contributed by atoms with Crippen LogP contribution >= 0.6 is 0 Å². The van der Waals surface area contributed by atoms with E-state index >= 15 is 0 Å². The van der Waals surface area contributed by atoms with E-state index in [1.54, 1.807) is 20.8 Å². The molecular formula is C17H30N2O6S. The van der Waals surface area contributed by atoms with E-state index in [2.05, 4.69) is 10.6 Å². The van der Waals surface area contributed by atoms with Crippen molar-refractivity contribution in [1.29, 1.82) is 0 Å². The van der Waals surface area contributed by atoms with Gasteiger partial charge in [-0.25, -0.2) is 4.79 Å². The first-order chi connectivity index (χ1) is 12.0. The van der Waals surface area contributed by atoms with Gasteiger partial charge in [0.2, 0.25) is 5.91 Å². The summed E-state index contributed by atoms with van der Waals surface area (Å²) in [6.07, 6.45) is 3.78. The minimum Gasteiger partial charge on any atom is -0.444 e. The van der Waals surface area contributed by atoms with Crippen LogP contribution in [0.2, 0.25) is 0 Å². The van der Waals surface area contributed by atoms with Crippen LogP contribution in [0.3, 0.4) is 0 Å². The van der Waals surface area contributed by atoms with Gasteiger partial charge in [0.25, 0.3) is 10.1 Å². The molecule has 0 aromatic carbocycles. The Kier molecular flexibility index (Phi) is 6.55. The molecule has 2 amide bonds. The number of carbonyl (C=O) groups excluding carboxylic acids is 2. The molecule has 0 radical (unpaired) electrons. The predicted molar refractivity (Wildman–Crippen MR) is 96.2 cm³/mol. The monoisotopic (exact) mass is 390 g/mol. The Morgan fingerprint density at radius 3 is 2.08 bits per heavy atom. The molecular weight excluding hydrogens is 360 g/mol. The van der Waals surface area contributed by atoms with Crippen molar-refractivity contribution in [2.75, 3.05) is 0 Å². The molecule has 3 N–H and O–H groups in total. The number of amides is 2. The lowest BCUT2D eigenvalue weighted by molar-refractivity contribution is -0.126. The molecule has 8 nitrogen and oxygen atoms in total. The van der Waals surface area contributed by atoms with Crippen LogP contribution in [0.15, 0.2) is 0 Å². The molecule has 0 aromatic heterocycles. The van der Waals surface area contributed by atoms with Crippen molar-refractivity contribution in [3.63, 3.8) is 0 Å². The average Bonchev–Trinajstić information content (AvgIpc) is 2.97. The molecule has 0 saturated heterocycles. The Balaban J connectivity index is 1.91. The summed E-state index contributed by atoms with van der Waals surface area (Å²) in [5, 5.41) is 4.95. The third kappa shape index (κ3) is 6.12. The van der Waals surface area contributed by atoms with E-state index in [0.717, 1.165) is 25.7 Å². The fraction of sp³-hybridized carbons (Fsp3) is 0.882. The first kappa shape index (κ1) is 21.0. The van der Waals surface area contributed by atoms with Gasteiger partial charge in [-0.3, -0.25) is 9.35 Å². The molecule has 0 heterocycles. The summed E-state index contributed by atoms with van der Waals surface area (Å²) in [6.45, 7) is 5.37. The van der Waals surface area contributed by atoms with Gasteiger partial charge in [0.15, 0.2) is 0 Å². The molecule has 2 aliphatic rings. The first-order valence-corrected chi connectivity index (χ1v) is 10.7. The lowest BCUT2D eigenvalue weighted by atomic mass is 9.89. The summed E-state index contributed by atoms with van der Waals surface area (Å²) < 4.78 is 36.9. The van der Waals surface area contributed by atoms with Gasteiger partial charge in [-0.05, 0) is 52.9 Å². The maximum Gasteiger partial charge on any atom is 0.407 e. The van der Waals surface area contributed by atoms with Gasteiger partial charge in [0.05, 0.1) is 11.3 Å². The van der Waals surface area contributed by atoms with Crippen LogP contribution in [0.4, 0.5) is 4.79 Å². The Morgan fingerprint density at radius 1 is 1.00 bits per heavy atom. The third-order valence-corrected chi connectivity index (χ3v) is 6.24. The van der Waals surface area contributed by atoms with Crippen LogP contribution in [0.25, 0.3) is 0 Å². The molecule has 150 valence electrons. The van der Waals surface area contributed by atoms with Gasteiger partial charge in [0, 0.05) is 12.0 Å². The average molecular weight is 391 g/mol. The predicted octanol–water partition coefficient (Wildman–Crippen LogP) is 1.99. The number of hydrogen-bond acceptors (Lipinski definition) is 5. The van der Waals surface area contributed by atoms with Gasteiger partial charge in [-0.1, -0.05) is 12.8 Å². The normalized spacial score (nSPS) is 29.8. The van der Waals surface area contributed by atoms with E-state index in [9.17, 15) is 18.0 Å². The van der Waals surface area contributed by atoms with Gasteiger partial charge >= 0.3 is 6.09 Å². The molecule has 2 rings (SSSR count). The molecule has 4 atom stereocenters. The van der Waals surface area contributed by atoms with E-state index in [1.807, 2.05) is 0 Å². The van der Waals surface area contributed by atoms with Gasteiger partial charge < -0.3 is 15.4 Å². The maximum atomic E-state index is 12.5. The highest BCUT2D eigenvalue weighted by molar-refractivity contribution is 7.86. The summed E-state index contributed by atoms with van der Waals surface area (Å²) in [4.78, 5) is 24.5. The fourth-order valence-corrected chi connectivity index (χ4v) is 4.59. The third-order valence-electron chi connectivity index (χ3n) is 4.97. The SMILES string of the molecule is CC(C)(C)OC(=O)N[C@@H]1CCCCC1NC(=O)C1CCC(S(=O)(=O)O)C1. The number of carbonyl (C=O) groups is 2. The number of nitrogens with one attached hydrogen (secondary N) is 2. The van der Waals surface area contributed by atoms with E-state index in [0.29, 0.717) is 12.8 Å². The second-order valence-electron chi connectivity index (χ2n) is 8.30. The molecule has 0 bridgehead atoms. The minimum atomic E-state index is -4.10. The largest absolute Gasteiger partial charge is 0.444 e. The Bertz CT molecular complexity index is 628. The van der Waals surface area contributed by atoms with Crippen LogP contribution in [-0.2, 0) is 19.6 Å². The molecule has 9 heteroatoms. The Hall–Kier alpha value is -1.35. The zero-order valence-corrected chi connectivity index (χ0v) is 16.5. The van der Waals surface area contributed by atoms with Crippen LogP contribution in [0, 0.1) is 5.92 Å². The lowest BCUT2D eigenvalue weighted by Gasteiger charge is -2.34. The highest BCUT2D eigenvalue weighted by Gasteiger charge is 2.38. The van der Waals surface area contributed by atoms with E-state index in [4.69, 9.17) is 9.29 Å². The van der Waals surface area contributed by atoms with Crippen molar-refractivity contribution in [2.45, 2.75) is 88.7 Å². The van der Waals surface area contributed by atoms with Gasteiger partial charge in [-0.15, -0.1) is 0 Å². The topological polar surface area (TPSA) is 122 Å². The maximum absolute atomic E-state index is 12.5. The smallest absolute Gasteiger partial charge is 0.407 e. The highest BCUT2D eigenvalue weighted by Crippen LogP contribution is 2.30. The van der Waals surface area contributed by atoms with Crippen molar-refractivity contribution in [3.05, 3.63) is 0 Å². The Morgan fingerprint density at radius 2 is 1.58 bits per heavy atom. The molecule has 3 unspecified atom stereocenters.